The summed E-state index contributed by atoms with van der Waals surface area (Å²) in [6.07, 6.45) is 3.39. The van der Waals surface area contributed by atoms with Crippen molar-refractivity contribution in [3.8, 4) is 0 Å². The lowest BCUT2D eigenvalue weighted by Crippen LogP contribution is -2.41. The van der Waals surface area contributed by atoms with Crippen LogP contribution in [0.5, 0.6) is 0 Å². The minimum absolute atomic E-state index is 0.0856. The van der Waals surface area contributed by atoms with Crippen molar-refractivity contribution >= 4 is 23.2 Å². The van der Waals surface area contributed by atoms with Gasteiger partial charge in [0.05, 0.1) is 34.7 Å². The topological polar surface area (TPSA) is 88.1 Å². The maximum atomic E-state index is 12.9. The van der Waals surface area contributed by atoms with E-state index in [0.717, 1.165) is 24.7 Å². The molecular formula is C24H37BO7S. The van der Waals surface area contributed by atoms with E-state index in [1.165, 1.54) is 12.1 Å². The van der Waals surface area contributed by atoms with E-state index in [0.29, 0.717) is 12.8 Å². The summed E-state index contributed by atoms with van der Waals surface area (Å²) in [6.45, 7) is 11.8. The van der Waals surface area contributed by atoms with Gasteiger partial charge in [-0.2, -0.15) is 8.42 Å². The zero-order valence-electron chi connectivity index (χ0n) is 20.7. The summed E-state index contributed by atoms with van der Waals surface area (Å²) in [7, 11) is -4.25. The quantitative estimate of drug-likeness (QED) is 0.292. The van der Waals surface area contributed by atoms with E-state index < -0.39 is 15.5 Å². The van der Waals surface area contributed by atoms with Crippen LogP contribution in [-0.2, 0) is 33.1 Å². The van der Waals surface area contributed by atoms with Gasteiger partial charge in [-0.25, -0.2) is 0 Å². The monoisotopic (exact) mass is 480 g/mol. The predicted octanol–water partition coefficient (Wildman–Crippen LogP) is 4.53. The van der Waals surface area contributed by atoms with Gasteiger partial charge in [0.15, 0.2) is 0 Å². The Morgan fingerprint density at radius 3 is 2.30 bits per heavy atom. The van der Waals surface area contributed by atoms with Gasteiger partial charge in [-0.1, -0.05) is 24.1 Å². The van der Waals surface area contributed by atoms with E-state index in [1.54, 1.807) is 19.1 Å². The Morgan fingerprint density at radius 1 is 1.12 bits per heavy atom. The molecule has 2 fully saturated rings. The molecule has 9 heteroatoms. The predicted molar refractivity (Wildman–Crippen MR) is 126 cm³/mol. The molecule has 0 aromatic heterocycles. The lowest BCUT2D eigenvalue weighted by Gasteiger charge is -2.32. The Kier molecular flexibility index (Phi) is 7.68. The number of hydrogen-bond acceptors (Lipinski definition) is 7. The van der Waals surface area contributed by atoms with Crippen molar-refractivity contribution in [2.24, 2.45) is 11.3 Å². The molecule has 0 amide bonds. The Bertz CT molecular complexity index is 926. The number of hydrogen-bond donors (Lipinski definition) is 0. The highest BCUT2D eigenvalue weighted by atomic mass is 32.2. The molecule has 0 radical (unpaired) electrons. The second-order valence-electron chi connectivity index (χ2n) is 10.4. The van der Waals surface area contributed by atoms with Gasteiger partial charge in [0, 0.05) is 0 Å². The van der Waals surface area contributed by atoms with Crippen LogP contribution >= 0.6 is 0 Å². The number of benzene rings is 1. The van der Waals surface area contributed by atoms with E-state index in [2.05, 4.69) is 0 Å². The molecule has 0 bridgehead atoms. The highest BCUT2D eigenvalue weighted by molar-refractivity contribution is 7.86. The standard InChI is InChI=1S/C24H37BO7S/c1-7-29-21(26)24(17-30-33(27,28)20-10-8-18(2)9-11-20)14-12-19(16-24)13-15-25-31-22(3,4)23(5,6)32-25/h8-11,19H,7,12-17H2,1-6H3. The Morgan fingerprint density at radius 2 is 1.73 bits per heavy atom. The highest BCUT2D eigenvalue weighted by Gasteiger charge is 2.52. The minimum atomic E-state index is -3.97. The highest BCUT2D eigenvalue weighted by Crippen LogP contribution is 2.46. The third kappa shape index (κ3) is 5.81. The van der Waals surface area contributed by atoms with Gasteiger partial charge in [0.2, 0.25) is 0 Å². The third-order valence-corrected chi connectivity index (χ3v) is 8.61. The van der Waals surface area contributed by atoms with Crippen LogP contribution in [0.15, 0.2) is 29.2 Å². The molecule has 1 heterocycles. The second kappa shape index (κ2) is 9.68. The van der Waals surface area contributed by atoms with Gasteiger partial charge in [-0.05, 0) is 85.2 Å². The molecule has 0 spiro atoms. The third-order valence-electron chi connectivity index (χ3n) is 7.33. The van der Waals surface area contributed by atoms with Crippen molar-refractivity contribution < 1.29 is 31.4 Å². The summed E-state index contributed by atoms with van der Waals surface area (Å²) in [4.78, 5) is 13.0. The summed E-state index contributed by atoms with van der Waals surface area (Å²) in [5.41, 5.74) is -0.757. The molecule has 3 rings (SSSR count). The lowest BCUT2D eigenvalue weighted by atomic mass is 9.78. The van der Waals surface area contributed by atoms with Crippen LogP contribution in [0.4, 0.5) is 0 Å². The fourth-order valence-electron chi connectivity index (χ4n) is 4.56. The number of carbonyl (C=O) groups excluding carboxylic acids is 1. The number of rotatable bonds is 9. The van der Waals surface area contributed by atoms with Crippen molar-refractivity contribution in [3.63, 3.8) is 0 Å². The summed E-state index contributed by atoms with van der Waals surface area (Å²) in [6, 6.07) is 6.48. The second-order valence-corrected chi connectivity index (χ2v) is 12.0. The first kappa shape index (κ1) is 26.2. The summed E-state index contributed by atoms with van der Waals surface area (Å²) in [5.74, 6) is -0.152. The molecule has 7 nitrogen and oxygen atoms in total. The number of carbonyl (C=O) groups is 1. The molecule has 184 valence electrons. The lowest BCUT2D eigenvalue weighted by molar-refractivity contribution is -0.157. The van der Waals surface area contributed by atoms with E-state index in [9.17, 15) is 13.2 Å². The van der Waals surface area contributed by atoms with E-state index in [-0.39, 0.29) is 48.3 Å². The van der Waals surface area contributed by atoms with Crippen LogP contribution in [0, 0.1) is 18.3 Å². The van der Waals surface area contributed by atoms with E-state index >= 15 is 0 Å². The van der Waals surface area contributed by atoms with Crippen LogP contribution < -0.4 is 0 Å². The molecule has 2 atom stereocenters. The first-order valence-corrected chi connectivity index (χ1v) is 13.2. The van der Waals surface area contributed by atoms with E-state index in [4.69, 9.17) is 18.2 Å². The number of ether oxygens (including phenoxy) is 1. The van der Waals surface area contributed by atoms with Crippen molar-refractivity contribution in [1.29, 1.82) is 0 Å². The van der Waals surface area contributed by atoms with Crippen LogP contribution in [0.1, 0.15) is 65.9 Å². The zero-order chi connectivity index (χ0) is 24.5. The van der Waals surface area contributed by atoms with E-state index in [1.807, 2.05) is 34.6 Å². The van der Waals surface area contributed by atoms with Crippen molar-refractivity contribution in [1.82, 2.24) is 0 Å². The molecule has 1 saturated carbocycles. The SMILES string of the molecule is CCOC(=O)C1(COS(=O)(=O)c2ccc(C)cc2)CCC(CCB2OC(C)(C)C(C)(C)O2)C1. The largest absolute Gasteiger partial charge is 0.465 e. The van der Waals surface area contributed by atoms with Gasteiger partial charge >= 0.3 is 13.1 Å². The Labute approximate surface area is 198 Å². The molecule has 1 aromatic rings. The molecule has 1 aromatic carbocycles. The molecule has 33 heavy (non-hydrogen) atoms. The summed E-state index contributed by atoms with van der Waals surface area (Å²) < 4.78 is 48.4. The van der Waals surface area contributed by atoms with Crippen molar-refractivity contribution in [2.75, 3.05) is 13.2 Å². The number of esters is 1. The maximum absolute atomic E-state index is 12.9. The maximum Gasteiger partial charge on any atom is 0.457 e. The van der Waals surface area contributed by atoms with Crippen LogP contribution in [-0.4, -0.2) is 45.9 Å². The number of aryl methyl sites for hydroxylation is 1. The van der Waals surface area contributed by atoms with Crippen LogP contribution in [0.3, 0.4) is 0 Å². The van der Waals surface area contributed by atoms with Crippen molar-refractivity contribution in [3.05, 3.63) is 29.8 Å². The van der Waals surface area contributed by atoms with Crippen LogP contribution in [0.2, 0.25) is 6.32 Å². The Balaban J connectivity index is 1.64. The average Bonchev–Trinajstić information content (AvgIpc) is 3.24. The van der Waals surface area contributed by atoms with Gasteiger partial charge in [-0.15, -0.1) is 0 Å². The molecule has 1 aliphatic heterocycles. The summed E-state index contributed by atoms with van der Waals surface area (Å²) >= 11 is 0. The minimum Gasteiger partial charge on any atom is -0.465 e. The molecule has 0 N–H and O–H groups in total. The van der Waals surface area contributed by atoms with Crippen LogP contribution in [0.25, 0.3) is 0 Å². The normalized spacial score (nSPS) is 26.5. The molecular weight excluding hydrogens is 443 g/mol. The smallest absolute Gasteiger partial charge is 0.457 e. The first-order chi connectivity index (χ1) is 15.3. The zero-order valence-corrected chi connectivity index (χ0v) is 21.5. The fraction of sp³-hybridized carbons (Fsp3) is 0.708. The molecule has 1 aliphatic carbocycles. The molecule has 2 aliphatic rings. The van der Waals surface area contributed by atoms with Gasteiger partial charge < -0.3 is 14.0 Å². The first-order valence-electron chi connectivity index (χ1n) is 11.8. The van der Waals surface area contributed by atoms with Gasteiger partial charge in [-0.3, -0.25) is 8.98 Å². The fourth-order valence-corrected chi connectivity index (χ4v) is 5.55. The summed E-state index contributed by atoms with van der Waals surface area (Å²) in [5, 5.41) is 0. The Hall–Kier alpha value is -1.42. The molecule has 2 unspecified atom stereocenters. The van der Waals surface area contributed by atoms with Gasteiger partial charge in [0.1, 0.15) is 0 Å². The average molecular weight is 480 g/mol. The van der Waals surface area contributed by atoms with Crippen molar-refractivity contribution in [2.45, 2.75) is 89.6 Å². The van der Waals surface area contributed by atoms with Gasteiger partial charge in [0.25, 0.3) is 10.1 Å². The molecule has 1 saturated heterocycles.